The van der Waals surface area contributed by atoms with Crippen molar-refractivity contribution in [3.05, 3.63) is 0 Å². The van der Waals surface area contributed by atoms with E-state index in [2.05, 4.69) is 48.5 Å². The SMILES string of the molecule is CCC(CCC(C)(O)C1CCC2C3CCC4C(C)C(O)CCC4(C)C3CCC21C)C(C)C. The van der Waals surface area contributed by atoms with Crippen LogP contribution in [0.5, 0.6) is 0 Å². The molecule has 4 aliphatic rings. The van der Waals surface area contributed by atoms with Gasteiger partial charge >= 0.3 is 0 Å². The molecule has 2 N–H and O–H groups in total. The van der Waals surface area contributed by atoms with E-state index in [1.54, 1.807) is 0 Å². The fourth-order valence-corrected chi connectivity index (χ4v) is 10.4. The Morgan fingerprint density at radius 3 is 2.19 bits per heavy atom. The van der Waals surface area contributed by atoms with Crippen LogP contribution in [-0.4, -0.2) is 21.9 Å². The molecule has 32 heavy (non-hydrogen) atoms. The van der Waals surface area contributed by atoms with E-state index in [1.807, 2.05) is 0 Å². The summed E-state index contributed by atoms with van der Waals surface area (Å²) in [6, 6.07) is 0. The quantitative estimate of drug-likeness (QED) is 0.444. The Balaban J connectivity index is 1.50. The molecule has 0 heterocycles. The second-order valence-corrected chi connectivity index (χ2v) is 14.0. The molecule has 4 fully saturated rings. The molecule has 0 saturated heterocycles. The normalized spacial score (nSPS) is 49.1. The molecule has 0 amide bonds. The maximum Gasteiger partial charge on any atom is 0.0653 e. The maximum atomic E-state index is 11.8. The lowest BCUT2D eigenvalue weighted by Gasteiger charge is -2.62. The summed E-state index contributed by atoms with van der Waals surface area (Å²) in [5.74, 6) is 5.56. The first-order valence-corrected chi connectivity index (χ1v) is 14.4. The first kappa shape index (κ1) is 25.0. The summed E-state index contributed by atoms with van der Waals surface area (Å²) in [5.41, 5.74) is 0.214. The van der Waals surface area contributed by atoms with Gasteiger partial charge in [-0.1, -0.05) is 48.0 Å². The maximum absolute atomic E-state index is 11.8. The minimum absolute atomic E-state index is 0.0813. The number of hydrogen-bond acceptors (Lipinski definition) is 2. The zero-order valence-electron chi connectivity index (χ0n) is 22.4. The van der Waals surface area contributed by atoms with Crippen molar-refractivity contribution >= 4 is 0 Å². The van der Waals surface area contributed by atoms with Gasteiger partial charge in [0.25, 0.3) is 0 Å². The van der Waals surface area contributed by atoms with Crippen LogP contribution in [0.15, 0.2) is 0 Å². The van der Waals surface area contributed by atoms with E-state index in [1.165, 1.54) is 57.8 Å². The highest BCUT2D eigenvalue weighted by molar-refractivity contribution is 5.12. The molecule has 0 aromatic carbocycles. The molecule has 0 aromatic heterocycles. The predicted molar refractivity (Wildman–Crippen MR) is 134 cm³/mol. The van der Waals surface area contributed by atoms with Gasteiger partial charge in [0, 0.05) is 0 Å². The van der Waals surface area contributed by atoms with Gasteiger partial charge in [-0.2, -0.15) is 0 Å². The van der Waals surface area contributed by atoms with Gasteiger partial charge in [-0.25, -0.2) is 0 Å². The van der Waals surface area contributed by atoms with Crippen molar-refractivity contribution in [2.75, 3.05) is 0 Å². The lowest BCUT2D eigenvalue weighted by molar-refractivity contribution is -0.159. The summed E-state index contributed by atoms with van der Waals surface area (Å²) in [6.45, 7) is 16.7. The van der Waals surface area contributed by atoms with E-state index in [0.29, 0.717) is 34.5 Å². The Labute approximate surface area is 199 Å². The molecule has 0 radical (unpaired) electrons. The zero-order valence-corrected chi connectivity index (χ0v) is 22.4. The van der Waals surface area contributed by atoms with Crippen molar-refractivity contribution in [2.24, 2.45) is 58.2 Å². The van der Waals surface area contributed by atoms with Crippen molar-refractivity contribution in [1.29, 1.82) is 0 Å². The highest BCUT2D eigenvalue weighted by Crippen LogP contribution is 2.69. The van der Waals surface area contributed by atoms with E-state index in [9.17, 15) is 10.2 Å². The van der Waals surface area contributed by atoms with Crippen molar-refractivity contribution in [1.82, 2.24) is 0 Å². The molecule has 186 valence electrons. The van der Waals surface area contributed by atoms with E-state index in [-0.39, 0.29) is 6.10 Å². The summed E-state index contributed by atoms with van der Waals surface area (Å²) in [5, 5.41) is 22.4. The molecule has 0 aromatic rings. The first-order valence-electron chi connectivity index (χ1n) is 14.4. The van der Waals surface area contributed by atoms with Gasteiger partial charge in [-0.3, -0.25) is 0 Å². The monoisotopic (exact) mass is 446 g/mol. The number of aliphatic hydroxyl groups is 2. The average molecular weight is 447 g/mol. The van der Waals surface area contributed by atoms with Gasteiger partial charge in [0.05, 0.1) is 11.7 Å². The summed E-state index contributed by atoms with van der Waals surface area (Å²) < 4.78 is 0. The number of aliphatic hydroxyl groups excluding tert-OH is 1. The molecular formula is C30H54O2. The fourth-order valence-electron chi connectivity index (χ4n) is 10.4. The van der Waals surface area contributed by atoms with Crippen LogP contribution in [0.4, 0.5) is 0 Å². The highest BCUT2D eigenvalue weighted by atomic mass is 16.3. The summed E-state index contributed by atoms with van der Waals surface area (Å²) in [4.78, 5) is 0. The topological polar surface area (TPSA) is 40.5 Å². The van der Waals surface area contributed by atoms with Gasteiger partial charge in [0.2, 0.25) is 0 Å². The van der Waals surface area contributed by atoms with Gasteiger partial charge in [-0.05, 0) is 129 Å². The lowest BCUT2D eigenvalue weighted by atomic mass is 9.43. The van der Waals surface area contributed by atoms with Crippen LogP contribution in [0.3, 0.4) is 0 Å². The molecule has 2 nitrogen and oxygen atoms in total. The predicted octanol–water partition coefficient (Wildman–Crippen LogP) is 7.47. The van der Waals surface area contributed by atoms with E-state index in [0.717, 1.165) is 36.5 Å². The van der Waals surface area contributed by atoms with Crippen LogP contribution in [0.1, 0.15) is 119 Å². The van der Waals surface area contributed by atoms with Crippen molar-refractivity contribution in [2.45, 2.75) is 131 Å². The van der Waals surface area contributed by atoms with Crippen molar-refractivity contribution in [3.8, 4) is 0 Å². The lowest BCUT2D eigenvalue weighted by Crippen LogP contribution is -2.57. The molecule has 4 rings (SSSR count). The highest BCUT2D eigenvalue weighted by Gasteiger charge is 2.63. The molecule has 0 aliphatic heterocycles. The second-order valence-electron chi connectivity index (χ2n) is 14.0. The average Bonchev–Trinajstić information content (AvgIpc) is 3.09. The molecule has 4 aliphatic carbocycles. The zero-order chi connectivity index (χ0) is 23.5. The second kappa shape index (κ2) is 8.85. The summed E-state index contributed by atoms with van der Waals surface area (Å²) >= 11 is 0. The van der Waals surface area contributed by atoms with Crippen LogP contribution in [0, 0.1) is 58.2 Å². The van der Waals surface area contributed by atoms with Gasteiger partial charge in [0.1, 0.15) is 0 Å². The number of fused-ring (bicyclic) bond motifs is 5. The van der Waals surface area contributed by atoms with Crippen molar-refractivity contribution in [3.63, 3.8) is 0 Å². The standard InChI is InChI=1S/C30H54O2/c1-8-21(19(2)3)13-18-30(7,32)27-12-11-24-22-9-10-23-20(4)26(31)15-17-28(23,5)25(22)14-16-29(24,27)6/h19-27,31-32H,8-18H2,1-7H3. The number of hydrogen-bond donors (Lipinski definition) is 2. The molecule has 11 atom stereocenters. The van der Waals surface area contributed by atoms with Gasteiger partial charge in [-0.15, -0.1) is 0 Å². The van der Waals surface area contributed by atoms with Crippen molar-refractivity contribution < 1.29 is 10.2 Å². The Morgan fingerprint density at radius 2 is 1.53 bits per heavy atom. The third-order valence-electron chi connectivity index (χ3n) is 12.4. The van der Waals surface area contributed by atoms with E-state index >= 15 is 0 Å². The van der Waals surface area contributed by atoms with Crippen LogP contribution >= 0.6 is 0 Å². The van der Waals surface area contributed by atoms with Crippen LogP contribution in [-0.2, 0) is 0 Å². The minimum Gasteiger partial charge on any atom is -0.393 e. The fraction of sp³-hybridized carbons (Fsp3) is 1.00. The summed E-state index contributed by atoms with van der Waals surface area (Å²) in [7, 11) is 0. The molecule has 0 spiro atoms. The number of rotatable bonds is 6. The first-order chi connectivity index (χ1) is 15.0. The smallest absolute Gasteiger partial charge is 0.0653 e. The van der Waals surface area contributed by atoms with E-state index < -0.39 is 5.60 Å². The molecule has 2 heteroatoms. The third-order valence-corrected chi connectivity index (χ3v) is 12.4. The van der Waals surface area contributed by atoms with Crippen LogP contribution < -0.4 is 0 Å². The molecular weight excluding hydrogens is 392 g/mol. The van der Waals surface area contributed by atoms with Gasteiger partial charge in [0.15, 0.2) is 0 Å². The van der Waals surface area contributed by atoms with E-state index in [4.69, 9.17) is 0 Å². The Kier molecular flexibility index (Phi) is 6.92. The minimum atomic E-state index is -0.525. The van der Waals surface area contributed by atoms with Crippen LogP contribution in [0.25, 0.3) is 0 Å². The molecule has 0 bridgehead atoms. The molecule has 11 unspecified atom stereocenters. The summed E-state index contributed by atoms with van der Waals surface area (Å²) in [6.07, 6.45) is 13.4. The third kappa shape index (κ3) is 3.92. The van der Waals surface area contributed by atoms with Gasteiger partial charge < -0.3 is 10.2 Å². The van der Waals surface area contributed by atoms with Crippen LogP contribution in [0.2, 0.25) is 0 Å². The Morgan fingerprint density at radius 1 is 0.906 bits per heavy atom. The molecule has 4 saturated carbocycles. The largest absolute Gasteiger partial charge is 0.393 e. The Hall–Kier alpha value is -0.0800. The Bertz CT molecular complexity index is 655.